The number of benzene rings is 1. The van der Waals surface area contributed by atoms with Crippen LogP contribution in [0.2, 0.25) is 0 Å². The number of thiazole rings is 1. The minimum atomic E-state index is 0.839. The Bertz CT molecular complexity index is 605. The lowest BCUT2D eigenvalue weighted by Gasteiger charge is -2.22. The van der Waals surface area contributed by atoms with Crippen LogP contribution < -0.4 is 15.5 Å². The minimum absolute atomic E-state index is 0.839. The Morgan fingerprint density at radius 1 is 1.17 bits per heavy atom. The van der Waals surface area contributed by atoms with Gasteiger partial charge in [-0.25, -0.2) is 4.98 Å². The Hall–Kier alpha value is -1.59. The van der Waals surface area contributed by atoms with Crippen molar-refractivity contribution >= 4 is 27.8 Å². The second kappa shape index (κ2) is 8.89. The molecule has 0 saturated heterocycles. The summed E-state index contributed by atoms with van der Waals surface area (Å²) in [5.74, 6) is 0. The number of rotatable bonds is 9. The average molecular weight is 333 g/mol. The number of hydrogen-bond acceptors (Lipinski definition) is 5. The van der Waals surface area contributed by atoms with Crippen LogP contribution in [0.5, 0.6) is 0 Å². The Morgan fingerprint density at radius 3 is 2.61 bits per heavy atom. The Kier molecular flexibility index (Phi) is 6.86. The van der Waals surface area contributed by atoms with Gasteiger partial charge in [0.15, 0.2) is 5.13 Å². The topological polar surface area (TPSA) is 40.2 Å². The van der Waals surface area contributed by atoms with Gasteiger partial charge in [0.05, 0.1) is 5.69 Å². The van der Waals surface area contributed by atoms with Crippen molar-refractivity contribution in [2.45, 2.75) is 40.7 Å². The molecular weight excluding hydrogens is 304 g/mol. The molecule has 2 N–H and O–H groups in total. The van der Waals surface area contributed by atoms with Gasteiger partial charge in [0.1, 0.15) is 0 Å². The molecular formula is C18H28N4S. The Balaban J connectivity index is 2.02. The van der Waals surface area contributed by atoms with Gasteiger partial charge in [0.2, 0.25) is 0 Å². The quantitative estimate of drug-likeness (QED) is 0.661. The smallest absolute Gasteiger partial charge is 0.187 e. The van der Waals surface area contributed by atoms with E-state index >= 15 is 0 Å². The molecule has 1 aromatic heterocycles. The summed E-state index contributed by atoms with van der Waals surface area (Å²) in [5, 5.41) is 9.90. The first-order valence-corrected chi connectivity index (χ1v) is 9.33. The highest BCUT2D eigenvalue weighted by Gasteiger charge is 2.07. The van der Waals surface area contributed by atoms with E-state index in [0.717, 1.165) is 49.1 Å². The molecule has 0 aliphatic rings. The van der Waals surface area contributed by atoms with E-state index in [1.54, 1.807) is 11.3 Å². The molecule has 2 rings (SSSR count). The summed E-state index contributed by atoms with van der Waals surface area (Å²) in [6.07, 6.45) is 1.15. The van der Waals surface area contributed by atoms with Gasteiger partial charge in [0.25, 0.3) is 0 Å². The lowest BCUT2D eigenvalue weighted by atomic mass is 10.1. The predicted octanol–water partition coefficient (Wildman–Crippen LogP) is 4.54. The van der Waals surface area contributed by atoms with E-state index in [9.17, 15) is 0 Å². The maximum absolute atomic E-state index is 4.64. The van der Waals surface area contributed by atoms with Crippen LogP contribution in [0, 0.1) is 6.92 Å². The monoisotopic (exact) mass is 332 g/mol. The number of nitrogens with one attached hydrogen (secondary N) is 2. The average Bonchev–Trinajstić information content (AvgIpc) is 2.99. The van der Waals surface area contributed by atoms with Gasteiger partial charge in [-0.2, -0.15) is 0 Å². The van der Waals surface area contributed by atoms with Crippen LogP contribution in [-0.4, -0.2) is 24.6 Å². The van der Waals surface area contributed by atoms with Gasteiger partial charge in [0, 0.05) is 36.4 Å². The Morgan fingerprint density at radius 2 is 1.96 bits per heavy atom. The first kappa shape index (κ1) is 17.8. The second-order valence-electron chi connectivity index (χ2n) is 5.62. The van der Waals surface area contributed by atoms with E-state index in [4.69, 9.17) is 0 Å². The predicted molar refractivity (Wildman–Crippen MR) is 102 cm³/mol. The second-order valence-corrected chi connectivity index (χ2v) is 6.48. The van der Waals surface area contributed by atoms with E-state index < -0.39 is 0 Å². The summed E-state index contributed by atoms with van der Waals surface area (Å²) in [6, 6.07) is 6.58. The normalized spacial score (nSPS) is 10.8. The van der Waals surface area contributed by atoms with Crippen molar-refractivity contribution < 1.29 is 0 Å². The third kappa shape index (κ3) is 4.94. The summed E-state index contributed by atoms with van der Waals surface area (Å²) in [4.78, 5) is 7.00. The van der Waals surface area contributed by atoms with Gasteiger partial charge in [-0.1, -0.05) is 6.92 Å². The highest BCUT2D eigenvalue weighted by atomic mass is 32.1. The van der Waals surface area contributed by atoms with Crippen molar-refractivity contribution in [2.75, 3.05) is 29.9 Å². The van der Waals surface area contributed by atoms with Gasteiger partial charge < -0.3 is 15.5 Å². The molecule has 0 unspecified atom stereocenters. The number of anilines is 3. The van der Waals surface area contributed by atoms with Gasteiger partial charge in [-0.15, -0.1) is 11.3 Å². The fourth-order valence-corrected chi connectivity index (χ4v) is 3.25. The van der Waals surface area contributed by atoms with E-state index in [1.807, 2.05) is 0 Å². The molecule has 4 nitrogen and oxygen atoms in total. The highest BCUT2D eigenvalue weighted by Crippen LogP contribution is 2.27. The largest absolute Gasteiger partial charge is 0.372 e. The molecule has 0 aliphatic heterocycles. The van der Waals surface area contributed by atoms with E-state index in [0.29, 0.717) is 0 Å². The van der Waals surface area contributed by atoms with Crippen LogP contribution in [-0.2, 0) is 6.54 Å². The van der Waals surface area contributed by atoms with E-state index in [-0.39, 0.29) is 0 Å². The van der Waals surface area contributed by atoms with Crippen molar-refractivity contribution in [2.24, 2.45) is 0 Å². The van der Waals surface area contributed by atoms with Crippen LogP contribution in [0.4, 0.5) is 16.5 Å². The third-order valence-electron chi connectivity index (χ3n) is 3.86. The number of nitrogens with zero attached hydrogens (tertiary/aromatic N) is 2. The molecule has 0 fully saturated rings. The van der Waals surface area contributed by atoms with Crippen LogP contribution >= 0.6 is 11.3 Å². The summed E-state index contributed by atoms with van der Waals surface area (Å²) in [5.41, 5.74) is 4.75. The van der Waals surface area contributed by atoms with Crippen molar-refractivity contribution in [3.8, 4) is 0 Å². The standard InChI is InChI=1S/C18H28N4S/c1-5-10-19-12-15-13-23-18(20-15)21-17-9-8-16(11-14(17)4)22(6-2)7-3/h8-9,11,13,19H,5-7,10,12H2,1-4H3,(H,20,21). The Labute approximate surface area is 143 Å². The highest BCUT2D eigenvalue weighted by molar-refractivity contribution is 7.13. The molecule has 2 aromatic rings. The van der Waals surface area contributed by atoms with Crippen molar-refractivity contribution in [1.29, 1.82) is 0 Å². The van der Waals surface area contributed by atoms with Crippen LogP contribution in [0.25, 0.3) is 0 Å². The fraction of sp³-hybridized carbons (Fsp3) is 0.500. The molecule has 126 valence electrons. The first-order valence-electron chi connectivity index (χ1n) is 8.45. The zero-order valence-corrected chi connectivity index (χ0v) is 15.5. The number of aryl methyl sites for hydroxylation is 1. The van der Waals surface area contributed by atoms with Crippen LogP contribution in [0.3, 0.4) is 0 Å². The zero-order valence-electron chi connectivity index (χ0n) is 14.6. The summed E-state index contributed by atoms with van der Waals surface area (Å²) >= 11 is 1.66. The third-order valence-corrected chi connectivity index (χ3v) is 4.67. The van der Waals surface area contributed by atoms with Crippen LogP contribution in [0.1, 0.15) is 38.4 Å². The van der Waals surface area contributed by atoms with Gasteiger partial charge in [-0.3, -0.25) is 0 Å². The molecule has 0 aliphatic carbocycles. The van der Waals surface area contributed by atoms with Crippen molar-refractivity contribution in [1.82, 2.24) is 10.3 Å². The molecule has 0 atom stereocenters. The van der Waals surface area contributed by atoms with Crippen molar-refractivity contribution in [3.63, 3.8) is 0 Å². The molecule has 0 bridgehead atoms. The molecule has 1 heterocycles. The molecule has 0 radical (unpaired) electrons. The minimum Gasteiger partial charge on any atom is -0.372 e. The molecule has 1 aromatic carbocycles. The maximum atomic E-state index is 4.64. The molecule has 0 amide bonds. The molecule has 5 heteroatoms. The summed E-state index contributed by atoms with van der Waals surface area (Å²) in [6.45, 7) is 12.6. The SMILES string of the molecule is CCCNCc1csc(Nc2ccc(N(CC)CC)cc2C)n1. The summed E-state index contributed by atoms with van der Waals surface area (Å²) in [7, 11) is 0. The zero-order chi connectivity index (χ0) is 16.7. The number of hydrogen-bond donors (Lipinski definition) is 2. The molecule has 23 heavy (non-hydrogen) atoms. The van der Waals surface area contributed by atoms with E-state index in [2.05, 4.69) is 71.8 Å². The van der Waals surface area contributed by atoms with Crippen LogP contribution in [0.15, 0.2) is 23.6 Å². The lowest BCUT2D eigenvalue weighted by molar-refractivity contribution is 0.667. The van der Waals surface area contributed by atoms with Gasteiger partial charge >= 0.3 is 0 Å². The molecule has 0 spiro atoms. The van der Waals surface area contributed by atoms with E-state index in [1.165, 1.54) is 11.3 Å². The summed E-state index contributed by atoms with van der Waals surface area (Å²) < 4.78 is 0. The van der Waals surface area contributed by atoms with Gasteiger partial charge in [-0.05, 0) is 57.5 Å². The maximum Gasteiger partial charge on any atom is 0.187 e. The first-order chi connectivity index (χ1) is 11.2. The lowest BCUT2D eigenvalue weighted by Crippen LogP contribution is -2.21. The number of aromatic nitrogens is 1. The fourth-order valence-electron chi connectivity index (χ4n) is 2.53. The molecule has 0 saturated carbocycles. The van der Waals surface area contributed by atoms with Crippen molar-refractivity contribution in [3.05, 3.63) is 34.8 Å².